The lowest BCUT2D eigenvalue weighted by Crippen LogP contribution is -2.33. The van der Waals surface area contributed by atoms with Crippen molar-refractivity contribution in [2.24, 2.45) is 0 Å². The molecule has 134 valence electrons. The molecule has 0 radical (unpaired) electrons. The highest BCUT2D eigenvalue weighted by Gasteiger charge is 2.32. The van der Waals surface area contributed by atoms with Gasteiger partial charge in [0.2, 0.25) is 5.91 Å². The van der Waals surface area contributed by atoms with Crippen molar-refractivity contribution in [3.05, 3.63) is 58.7 Å². The van der Waals surface area contributed by atoms with Crippen LogP contribution in [0.2, 0.25) is 0 Å². The lowest BCUT2D eigenvalue weighted by molar-refractivity contribution is -0.137. The van der Waals surface area contributed by atoms with E-state index in [1.165, 1.54) is 12.1 Å². The Morgan fingerprint density at radius 2 is 1.77 bits per heavy atom. The van der Waals surface area contributed by atoms with Crippen molar-refractivity contribution in [3.8, 4) is 0 Å². The quantitative estimate of drug-likeness (QED) is 0.886. The monoisotopic (exact) mass is 360 g/mol. The average Bonchev–Trinajstić information content (AvgIpc) is 3.03. The standard InChI is InChI=1S/C19H15F3N2O2/c20-19(21,22)14-2-1-3-15(10-14)23-18(26)13-8-11-4-5-16(25)24-7-6-12(9-13)17(11)24/h1-3,8-10H,4-7H2,(H,23,26). The second-order valence-electron chi connectivity index (χ2n) is 6.47. The molecule has 0 saturated carbocycles. The molecule has 0 unspecified atom stereocenters. The first-order valence-corrected chi connectivity index (χ1v) is 8.28. The molecule has 26 heavy (non-hydrogen) atoms. The third kappa shape index (κ3) is 2.83. The summed E-state index contributed by atoms with van der Waals surface area (Å²) >= 11 is 0. The number of nitrogens with one attached hydrogen (secondary N) is 1. The second-order valence-corrected chi connectivity index (χ2v) is 6.47. The fourth-order valence-corrected chi connectivity index (χ4v) is 3.57. The van der Waals surface area contributed by atoms with Crippen LogP contribution >= 0.6 is 0 Å². The highest BCUT2D eigenvalue weighted by atomic mass is 19.4. The Balaban J connectivity index is 1.62. The Labute approximate surface area is 147 Å². The van der Waals surface area contributed by atoms with E-state index in [2.05, 4.69) is 5.32 Å². The van der Waals surface area contributed by atoms with Gasteiger partial charge in [-0.05, 0) is 54.3 Å². The topological polar surface area (TPSA) is 49.4 Å². The molecule has 0 aromatic heterocycles. The summed E-state index contributed by atoms with van der Waals surface area (Å²) in [5, 5.41) is 2.53. The summed E-state index contributed by atoms with van der Waals surface area (Å²) in [6.07, 6.45) is -2.80. The number of anilines is 2. The molecule has 2 amide bonds. The molecular formula is C19H15F3N2O2. The van der Waals surface area contributed by atoms with Crippen LogP contribution in [-0.2, 0) is 23.8 Å². The van der Waals surface area contributed by atoms with Crippen molar-refractivity contribution in [1.29, 1.82) is 0 Å². The Hall–Kier alpha value is -2.83. The van der Waals surface area contributed by atoms with Gasteiger partial charge in [0.15, 0.2) is 0 Å². The Morgan fingerprint density at radius 3 is 2.50 bits per heavy atom. The number of aryl methyl sites for hydroxylation is 1. The van der Waals surface area contributed by atoms with E-state index in [1.54, 1.807) is 17.0 Å². The molecule has 2 aliphatic heterocycles. The molecular weight excluding hydrogens is 345 g/mol. The van der Waals surface area contributed by atoms with E-state index in [1.807, 2.05) is 0 Å². The van der Waals surface area contributed by atoms with E-state index in [9.17, 15) is 22.8 Å². The number of halogens is 3. The fraction of sp³-hybridized carbons (Fsp3) is 0.263. The van der Waals surface area contributed by atoms with Gasteiger partial charge in [0.1, 0.15) is 0 Å². The lowest BCUT2D eigenvalue weighted by atomic mass is 9.96. The van der Waals surface area contributed by atoms with Gasteiger partial charge in [0, 0.05) is 24.2 Å². The van der Waals surface area contributed by atoms with Gasteiger partial charge in [-0.25, -0.2) is 0 Å². The number of amides is 2. The first kappa shape index (κ1) is 16.6. The van der Waals surface area contributed by atoms with E-state index in [-0.39, 0.29) is 11.6 Å². The molecule has 0 atom stereocenters. The molecule has 2 aromatic carbocycles. The molecule has 2 aromatic rings. The first-order chi connectivity index (χ1) is 12.3. The zero-order valence-electron chi connectivity index (χ0n) is 13.7. The van der Waals surface area contributed by atoms with Gasteiger partial charge < -0.3 is 10.2 Å². The van der Waals surface area contributed by atoms with Crippen LogP contribution in [0.15, 0.2) is 36.4 Å². The SMILES string of the molecule is O=C(Nc1cccc(C(F)(F)F)c1)c1cc2c3c(c1)CCN3C(=O)CC2. The van der Waals surface area contributed by atoms with E-state index < -0.39 is 17.6 Å². The summed E-state index contributed by atoms with van der Waals surface area (Å²) < 4.78 is 38.4. The maximum atomic E-state index is 12.8. The predicted molar refractivity (Wildman–Crippen MR) is 90.2 cm³/mol. The van der Waals surface area contributed by atoms with Gasteiger partial charge in [-0.1, -0.05) is 6.07 Å². The summed E-state index contributed by atoms with van der Waals surface area (Å²) in [4.78, 5) is 26.2. The number of rotatable bonds is 2. The number of nitrogens with zero attached hydrogens (tertiary/aromatic N) is 1. The number of carbonyl (C=O) groups is 2. The second kappa shape index (κ2) is 5.86. The highest BCUT2D eigenvalue weighted by molar-refractivity contribution is 6.06. The van der Waals surface area contributed by atoms with Crippen LogP contribution in [0.4, 0.5) is 24.5 Å². The zero-order chi connectivity index (χ0) is 18.5. The molecule has 0 spiro atoms. The van der Waals surface area contributed by atoms with Crippen molar-refractivity contribution in [1.82, 2.24) is 0 Å². The summed E-state index contributed by atoms with van der Waals surface area (Å²) in [5.74, 6) is -0.365. The predicted octanol–water partition coefficient (Wildman–Crippen LogP) is 3.79. The maximum Gasteiger partial charge on any atom is 0.416 e. The largest absolute Gasteiger partial charge is 0.416 e. The molecule has 4 nitrogen and oxygen atoms in total. The van der Waals surface area contributed by atoms with Crippen molar-refractivity contribution >= 4 is 23.2 Å². The third-order valence-corrected chi connectivity index (χ3v) is 4.76. The van der Waals surface area contributed by atoms with Crippen LogP contribution in [0.5, 0.6) is 0 Å². The molecule has 2 aliphatic rings. The van der Waals surface area contributed by atoms with Crippen LogP contribution in [0.25, 0.3) is 0 Å². The van der Waals surface area contributed by atoms with E-state index in [0.717, 1.165) is 28.9 Å². The molecule has 1 N–H and O–H groups in total. The molecule has 2 heterocycles. The zero-order valence-corrected chi connectivity index (χ0v) is 13.7. The normalized spacial score (nSPS) is 15.8. The number of hydrogen-bond donors (Lipinski definition) is 1. The average molecular weight is 360 g/mol. The van der Waals surface area contributed by atoms with E-state index in [4.69, 9.17) is 0 Å². The van der Waals surface area contributed by atoms with Crippen LogP contribution in [0.1, 0.15) is 33.5 Å². The number of carbonyl (C=O) groups excluding carboxylic acids is 2. The Bertz CT molecular complexity index is 921. The van der Waals surface area contributed by atoms with Gasteiger partial charge in [-0.2, -0.15) is 13.2 Å². The Morgan fingerprint density at radius 1 is 1.04 bits per heavy atom. The molecule has 0 saturated heterocycles. The van der Waals surface area contributed by atoms with Gasteiger partial charge in [-0.15, -0.1) is 0 Å². The highest BCUT2D eigenvalue weighted by Crippen LogP contribution is 2.37. The number of alkyl halides is 3. The molecule has 0 bridgehead atoms. The van der Waals surface area contributed by atoms with Gasteiger partial charge in [0.05, 0.1) is 11.3 Å². The Kier molecular flexibility index (Phi) is 3.75. The van der Waals surface area contributed by atoms with Gasteiger partial charge in [0.25, 0.3) is 5.91 Å². The number of hydrogen-bond acceptors (Lipinski definition) is 2. The molecule has 7 heteroatoms. The van der Waals surface area contributed by atoms with Crippen LogP contribution in [-0.4, -0.2) is 18.4 Å². The summed E-state index contributed by atoms with van der Waals surface area (Å²) in [7, 11) is 0. The minimum Gasteiger partial charge on any atom is -0.322 e. The van der Waals surface area contributed by atoms with Crippen LogP contribution in [0, 0.1) is 0 Å². The fourth-order valence-electron chi connectivity index (χ4n) is 3.57. The first-order valence-electron chi connectivity index (χ1n) is 8.28. The van der Waals surface area contributed by atoms with E-state index >= 15 is 0 Å². The van der Waals surface area contributed by atoms with Crippen molar-refractivity contribution < 1.29 is 22.8 Å². The van der Waals surface area contributed by atoms with Gasteiger partial charge in [-0.3, -0.25) is 9.59 Å². The van der Waals surface area contributed by atoms with Gasteiger partial charge >= 0.3 is 6.18 Å². The van der Waals surface area contributed by atoms with Crippen LogP contribution in [0.3, 0.4) is 0 Å². The molecule has 0 fully saturated rings. The minimum atomic E-state index is -4.46. The third-order valence-electron chi connectivity index (χ3n) is 4.76. The summed E-state index contributed by atoms with van der Waals surface area (Å²) in [5.41, 5.74) is 2.45. The minimum absolute atomic E-state index is 0.0933. The number of benzene rings is 2. The lowest BCUT2D eigenvalue weighted by Gasteiger charge is -2.25. The van der Waals surface area contributed by atoms with Crippen molar-refractivity contribution in [2.45, 2.75) is 25.4 Å². The molecule has 0 aliphatic carbocycles. The summed E-state index contributed by atoms with van der Waals surface area (Å²) in [6, 6.07) is 8.00. The van der Waals surface area contributed by atoms with Crippen molar-refractivity contribution in [2.75, 3.05) is 16.8 Å². The maximum absolute atomic E-state index is 12.8. The van der Waals surface area contributed by atoms with Crippen LogP contribution < -0.4 is 10.2 Å². The van der Waals surface area contributed by atoms with Crippen molar-refractivity contribution in [3.63, 3.8) is 0 Å². The summed E-state index contributed by atoms with van der Waals surface area (Å²) in [6.45, 7) is 0.611. The smallest absolute Gasteiger partial charge is 0.322 e. The molecule has 4 rings (SSSR count). The van der Waals surface area contributed by atoms with E-state index in [0.29, 0.717) is 31.4 Å².